The Labute approximate surface area is 99.2 Å². The lowest BCUT2D eigenvalue weighted by Gasteiger charge is -2.26. The highest BCUT2D eigenvalue weighted by molar-refractivity contribution is 7.89. The van der Waals surface area contributed by atoms with E-state index in [9.17, 15) is 8.42 Å². The number of sulfonamides is 1. The summed E-state index contributed by atoms with van der Waals surface area (Å²) in [4.78, 5) is 0. The van der Waals surface area contributed by atoms with Crippen LogP contribution >= 0.6 is 0 Å². The predicted molar refractivity (Wildman–Crippen MR) is 66.9 cm³/mol. The molecule has 4 nitrogen and oxygen atoms in total. The fourth-order valence-electron chi connectivity index (χ4n) is 1.65. The van der Waals surface area contributed by atoms with E-state index in [0.717, 1.165) is 38.6 Å². The summed E-state index contributed by atoms with van der Waals surface area (Å²) < 4.78 is 25.9. The Morgan fingerprint density at radius 1 is 1.25 bits per heavy atom. The topological polar surface area (TPSA) is 58.2 Å². The van der Waals surface area contributed by atoms with Crippen LogP contribution in [0.2, 0.25) is 0 Å². The monoisotopic (exact) mass is 248 g/mol. The van der Waals surface area contributed by atoms with Gasteiger partial charge in [0.2, 0.25) is 10.0 Å². The Balaban J connectivity index is 2.06. The number of hydrogen-bond donors (Lipinski definition) is 2. The molecule has 0 saturated heterocycles. The summed E-state index contributed by atoms with van der Waals surface area (Å²) in [6.07, 6.45) is 4.83. The second kappa shape index (κ2) is 6.57. The molecular weight excluding hydrogens is 224 g/mol. The van der Waals surface area contributed by atoms with Crippen LogP contribution in [-0.2, 0) is 10.0 Å². The second-order valence-corrected chi connectivity index (χ2v) is 6.75. The Morgan fingerprint density at radius 3 is 2.44 bits per heavy atom. The van der Waals surface area contributed by atoms with Gasteiger partial charge in [0.25, 0.3) is 0 Å². The fourth-order valence-corrected chi connectivity index (χ4v) is 3.09. The Hall–Kier alpha value is -0.130. The van der Waals surface area contributed by atoms with Gasteiger partial charge >= 0.3 is 0 Å². The predicted octanol–water partition coefficient (Wildman–Crippen LogP) is 1.24. The largest absolute Gasteiger partial charge is 0.315 e. The molecule has 0 spiro atoms. The van der Waals surface area contributed by atoms with E-state index in [1.54, 1.807) is 0 Å². The highest BCUT2D eigenvalue weighted by Crippen LogP contribution is 2.19. The average Bonchev–Trinajstić information content (AvgIpc) is 2.11. The summed E-state index contributed by atoms with van der Waals surface area (Å²) in [7, 11) is -3.02. The van der Waals surface area contributed by atoms with Gasteiger partial charge in [-0.3, -0.25) is 0 Å². The van der Waals surface area contributed by atoms with E-state index in [1.165, 1.54) is 0 Å². The summed E-state index contributed by atoms with van der Waals surface area (Å²) in [5, 5.41) is 3.28. The van der Waals surface area contributed by atoms with Crippen LogP contribution in [0.1, 0.15) is 46.0 Å². The molecule has 1 aliphatic rings. The van der Waals surface area contributed by atoms with Gasteiger partial charge in [0.1, 0.15) is 0 Å². The molecule has 1 saturated carbocycles. The van der Waals surface area contributed by atoms with Crippen molar-refractivity contribution in [2.24, 2.45) is 0 Å². The Kier molecular flexibility index (Phi) is 5.72. The minimum atomic E-state index is -3.02. The molecule has 0 bridgehead atoms. The summed E-state index contributed by atoms with van der Waals surface area (Å²) in [6, 6.07) is 0.698. The maximum atomic E-state index is 11.6. The lowest BCUT2D eigenvalue weighted by molar-refractivity contribution is 0.383. The minimum Gasteiger partial charge on any atom is -0.315 e. The molecule has 0 aromatic heterocycles. The molecule has 2 N–H and O–H groups in total. The highest BCUT2D eigenvalue weighted by Gasteiger charge is 2.22. The third kappa shape index (κ3) is 5.82. The minimum absolute atomic E-state index is 0.221. The first kappa shape index (κ1) is 13.9. The molecule has 0 aliphatic heterocycles. The van der Waals surface area contributed by atoms with Gasteiger partial charge in [0.15, 0.2) is 0 Å². The molecule has 5 heteroatoms. The molecule has 0 aromatic carbocycles. The molecule has 1 rings (SSSR count). The van der Waals surface area contributed by atoms with Gasteiger partial charge in [-0.2, -0.15) is 0 Å². The molecule has 1 fully saturated rings. The summed E-state index contributed by atoms with van der Waals surface area (Å²) in [5.74, 6) is 0.267. The van der Waals surface area contributed by atoms with Gasteiger partial charge in [-0.25, -0.2) is 13.1 Å². The van der Waals surface area contributed by atoms with Gasteiger partial charge in [-0.1, -0.05) is 20.3 Å². The first-order chi connectivity index (χ1) is 7.49. The molecule has 96 valence electrons. The second-order valence-electron chi connectivity index (χ2n) is 4.88. The van der Waals surface area contributed by atoms with Crippen LogP contribution in [0.4, 0.5) is 0 Å². The first-order valence-electron chi connectivity index (χ1n) is 6.23. The number of nitrogens with one attached hydrogen (secondary N) is 2. The lowest BCUT2D eigenvalue weighted by Crippen LogP contribution is -2.40. The van der Waals surface area contributed by atoms with E-state index in [4.69, 9.17) is 0 Å². The molecule has 0 unspecified atom stereocenters. The van der Waals surface area contributed by atoms with Crippen LogP contribution in [0.3, 0.4) is 0 Å². The van der Waals surface area contributed by atoms with E-state index in [0.29, 0.717) is 6.04 Å². The zero-order valence-corrected chi connectivity index (χ0v) is 11.1. The standard InChI is InChI=1S/C11H24N2O2S/c1-10(2)12-8-3-4-9-16(14,15)13-11-6-5-7-11/h10-13H,3-9H2,1-2H3. The van der Waals surface area contributed by atoms with Crippen LogP contribution in [-0.4, -0.2) is 32.8 Å². The molecule has 0 radical (unpaired) electrons. The molecule has 0 amide bonds. The van der Waals surface area contributed by atoms with E-state index >= 15 is 0 Å². The van der Waals surface area contributed by atoms with Crippen molar-refractivity contribution < 1.29 is 8.42 Å². The Bertz CT molecular complexity index is 284. The van der Waals surface area contributed by atoms with Crippen LogP contribution < -0.4 is 10.0 Å². The molecule has 1 aliphatic carbocycles. The van der Waals surface area contributed by atoms with Crippen molar-refractivity contribution in [1.29, 1.82) is 0 Å². The van der Waals surface area contributed by atoms with Gasteiger partial charge in [0, 0.05) is 12.1 Å². The average molecular weight is 248 g/mol. The van der Waals surface area contributed by atoms with Crippen molar-refractivity contribution in [3.63, 3.8) is 0 Å². The highest BCUT2D eigenvalue weighted by atomic mass is 32.2. The molecule has 16 heavy (non-hydrogen) atoms. The van der Waals surface area contributed by atoms with Crippen LogP contribution in [0.25, 0.3) is 0 Å². The third-order valence-corrected chi connectivity index (χ3v) is 4.36. The third-order valence-electron chi connectivity index (χ3n) is 2.84. The van der Waals surface area contributed by atoms with E-state index in [-0.39, 0.29) is 11.8 Å². The maximum absolute atomic E-state index is 11.6. The number of hydrogen-bond acceptors (Lipinski definition) is 3. The van der Waals surface area contributed by atoms with Gasteiger partial charge in [-0.05, 0) is 32.2 Å². The van der Waals surface area contributed by atoms with Crippen molar-refractivity contribution in [2.45, 2.75) is 58.0 Å². The Morgan fingerprint density at radius 2 is 1.94 bits per heavy atom. The van der Waals surface area contributed by atoms with E-state index in [2.05, 4.69) is 23.9 Å². The van der Waals surface area contributed by atoms with Crippen LogP contribution in [0.15, 0.2) is 0 Å². The van der Waals surface area contributed by atoms with Crippen LogP contribution in [0.5, 0.6) is 0 Å². The zero-order valence-electron chi connectivity index (χ0n) is 10.3. The van der Waals surface area contributed by atoms with Gasteiger partial charge < -0.3 is 5.32 Å². The van der Waals surface area contributed by atoms with E-state index < -0.39 is 10.0 Å². The smallest absolute Gasteiger partial charge is 0.211 e. The quantitative estimate of drug-likeness (QED) is 0.635. The fraction of sp³-hybridized carbons (Fsp3) is 1.00. The zero-order chi connectivity index (χ0) is 12.0. The van der Waals surface area contributed by atoms with Crippen molar-refractivity contribution in [2.75, 3.05) is 12.3 Å². The molecule has 0 heterocycles. The summed E-state index contributed by atoms with van der Waals surface area (Å²) in [6.45, 7) is 5.08. The van der Waals surface area contributed by atoms with Gasteiger partial charge in [-0.15, -0.1) is 0 Å². The van der Waals surface area contributed by atoms with Crippen LogP contribution in [0, 0.1) is 0 Å². The molecule has 0 aromatic rings. The van der Waals surface area contributed by atoms with Crippen molar-refractivity contribution >= 4 is 10.0 Å². The number of unbranched alkanes of at least 4 members (excludes halogenated alkanes) is 1. The maximum Gasteiger partial charge on any atom is 0.211 e. The number of rotatable bonds is 8. The lowest BCUT2D eigenvalue weighted by atomic mass is 9.94. The van der Waals surface area contributed by atoms with E-state index in [1.807, 2.05) is 0 Å². The van der Waals surface area contributed by atoms with Gasteiger partial charge in [0.05, 0.1) is 5.75 Å². The summed E-state index contributed by atoms with van der Waals surface area (Å²) in [5.41, 5.74) is 0. The summed E-state index contributed by atoms with van der Waals surface area (Å²) >= 11 is 0. The van der Waals surface area contributed by atoms with Crippen molar-refractivity contribution in [1.82, 2.24) is 10.0 Å². The molecule has 0 atom stereocenters. The SMILES string of the molecule is CC(C)NCCCCS(=O)(=O)NC1CCC1. The molecular formula is C11H24N2O2S. The van der Waals surface area contributed by atoms with Crippen molar-refractivity contribution in [3.05, 3.63) is 0 Å². The van der Waals surface area contributed by atoms with Crippen molar-refractivity contribution in [3.8, 4) is 0 Å². The normalized spacial score (nSPS) is 17.7. The first-order valence-corrected chi connectivity index (χ1v) is 7.88.